The molecular weight excluding hydrogens is 318 g/mol. The van der Waals surface area contributed by atoms with Gasteiger partial charge in [-0.25, -0.2) is 0 Å². The van der Waals surface area contributed by atoms with E-state index in [9.17, 15) is 4.79 Å². The lowest BCUT2D eigenvalue weighted by Crippen LogP contribution is -2.58. The number of carbonyl (C=O) groups excluding carboxylic acids is 1. The monoisotopic (exact) mass is 343 g/mol. The van der Waals surface area contributed by atoms with Gasteiger partial charge >= 0.3 is 0 Å². The van der Waals surface area contributed by atoms with E-state index in [1.54, 1.807) is 11.3 Å². The first kappa shape index (κ1) is 17.2. The van der Waals surface area contributed by atoms with Crippen LogP contribution in [0.1, 0.15) is 30.7 Å². The van der Waals surface area contributed by atoms with Gasteiger partial charge in [0, 0.05) is 24.3 Å². The van der Waals surface area contributed by atoms with E-state index in [0.29, 0.717) is 19.6 Å². The predicted molar refractivity (Wildman–Crippen MR) is 98.3 cm³/mol. The first-order valence-electron chi connectivity index (χ1n) is 8.53. The third-order valence-electron chi connectivity index (χ3n) is 4.56. The van der Waals surface area contributed by atoms with Gasteiger partial charge in [-0.1, -0.05) is 36.4 Å². The summed E-state index contributed by atoms with van der Waals surface area (Å²) in [5.41, 5.74) is 1.02. The van der Waals surface area contributed by atoms with Gasteiger partial charge in [0.25, 0.3) is 0 Å². The minimum atomic E-state index is -0.236. The Kier molecular flexibility index (Phi) is 5.36. The van der Waals surface area contributed by atoms with Crippen molar-refractivity contribution in [3.63, 3.8) is 0 Å². The molecule has 0 aliphatic carbocycles. The third-order valence-corrected chi connectivity index (χ3v) is 5.50. The minimum Gasteiger partial charge on any atom is -0.374 e. The fourth-order valence-corrected chi connectivity index (χ4v) is 3.87. The Hall–Kier alpha value is -1.65. The van der Waals surface area contributed by atoms with Crippen LogP contribution in [0.25, 0.3) is 0 Å². The summed E-state index contributed by atoms with van der Waals surface area (Å²) in [4.78, 5) is 16.1. The maximum absolute atomic E-state index is 12.8. The summed E-state index contributed by atoms with van der Waals surface area (Å²) >= 11 is 1.72. The van der Waals surface area contributed by atoms with Crippen molar-refractivity contribution < 1.29 is 9.53 Å². The molecule has 1 fully saturated rings. The van der Waals surface area contributed by atoms with Crippen molar-refractivity contribution in [2.75, 3.05) is 13.2 Å². The Balaban J connectivity index is 1.61. The second kappa shape index (κ2) is 7.49. The number of amides is 1. The smallest absolute Gasteiger partial charge is 0.223 e. The summed E-state index contributed by atoms with van der Waals surface area (Å²) in [6, 6.07) is 14.5. The highest BCUT2D eigenvalue weighted by Gasteiger charge is 2.37. The van der Waals surface area contributed by atoms with Crippen LogP contribution in [0, 0.1) is 0 Å². The lowest BCUT2D eigenvalue weighted by molar-refractivity contribution is -0.154. The predicted octanol–water partition coefficient (Wildman–Crippen LogP) is 3.93. The van der Waals surface area contributed by atoms with Crippen molar-refractivity contribution in [3.8, 4) is 0 Å². The van der Waals surface area contributed by atoms with E-state index in [2.05, 4.69) is 37.4 Å². The molecule has 1 atom stereocenters. The van der Waals surface area contributed by atoms with Gasteiger partial charge in [0.05, 0.1) is 18.2 Å². The highest BCUT2D eigenvalue weighted by Crippen LogP contribution is 2.25. The number of benzene rings is 1. The van der Waals surface area contributed by atoms with E-state index in [1.165, 1.54) is 10.4 Å². The van der Waals surface area contributed by atoms with Gasteiger partial charge in [0.1, 0.15) is 0 Å². The molecule has 0 spiro atoms. The molecule has 0 saturated carbocycles. The number of hydrogen-bond acceptors (Lipinski definition) is 3. The molecule has 3 nitrogen and oxygen atoms in total. The number of thiophene rings is 1. The normalized spacial score (nSPS) is 20.1. The third kappa shape index (κ3) is 4.25. The molecule has 0 radical (unpaired) electrons. The Labute approximate surface area is 148 Å². The van der Waals surface area contributed by atoms with Crippen molar-refractivity contribution in [1.29, 1.82) is 0 Å². The summed E-state index contributed by atoms with van der Waals surface area (Å²) in [6.45, 7) is 5.45. The Morgan fingerprint density at radius 3 is 2.75 bits per heavy atom. The molecule has 1 amide bonds. The molecular formula is C20H25NO2S. The Morgan fingerprint density at radius 1 is 1.25 bits per heavy atom. The molecule has 0 bridgehead atoms. The van der Waals surface area contributed by atoms with E-state index >= 15 is 0 Å². The van der Waals surface area contributed by atoms with Crippen molar-refractivity contribution in [2.24, 2.45) is 0 Å². The fourth-order valence-electron chi connectivity index (χ4n) is 3.16. The zero-order valence-electron chi connectivity index (χ0n) is 14.4. The number of aryl methyl sites for hydroxylation is 1. The van der Waals surface area contributed by atoms with E-state index < -0.39 is 0 Å². The van der Waals surface area contributed by atoms with E-state index in [-0.39, 0.29) is 17.6 Å². The molecule has 1 aromatic carbocycles. The van der Waals surface area contributed by atoms with E-state index in [4.69, 9.17) is 4.74 Å². The van der Waals surface area contributed by atoms with Crippen LogP contribution < -0.4 is 0 Å². The molecule has 0 N–H and O–H groups in total. The molecule has 1 aliphatic rings. The van der Waals surface area contributed by atoms with Crippen LogP contribution in [0.5, 0.6) is 0 Å². The zero-order valence-corrected chi connectivity index (χ0v) is 15.2. The van der Waals surface area contributed by atoms with Crippen LogP contribution in [0.2, 0.25) is 0 Å². The van der Waals surface area contributed by atoms with Crippen molar-refractivity contribution in [1.82, 2.24) is 4.90 Å². The maximum atomic E-state index is 12.8. The summed E-state index contributed by atoms with van der Waals surface area (Å²) in [6.07, 6.45) is 2.33. The van der Waals surface area contributed by atoms with Crippen LogP contribution in [-0.2, 0) is 22.4 Å². The van der Waals surface area contributed by atoms with Gasteiger partial charge < -0.3 is 9.64 Å². The second-order valence-electron chi connectivity index (χ2n) is 7.02. The average molecular weight is 343 g/mol. The van der Waals surface area contributed by atoms with E-state index in [0.717, 1.165) is 12.8 Å². The largest absolute Gasteiger partial charge is 0.374 e. The van der Waals surface area contributed by atoms with Gasteiger partial charge in [-0.05, 0) is 37.3 Å². The van der Waals surface area contributed by atoms with Gasteiger partial charge in [0.2, 0.25) is 5.91 Å². The molecule has 2 heterocycles. The van der Waals surface area contributed by atoms with E-state index in [1.807, 2.05) is 29.2 Å². The summed E-state index contributed by atoms with van der Waals surface area (Å²) in [7, 11) is 0. The fraction of sp³-hybridized carbons (Fsp3) is 0.450. The Morgan fingerprint density at radius 2 is 2.04 bits per heavy atom. The summed E-state index contributed by atoms with van der Waals surface area (Å²) in [5, 5.41) is 2.06. The molecule has 2 aromatic rings. The van der Waals surface area contributed by atoms with Gasteiger partial charge in [-0.2, -0.15) is 0 Å². The number of carbonyl (C=O) groups is 1. The Bertz CT molecular complexity index is 652. The van der Waals surface area contributed by atoms with Gasteiger partial charge in [-0.15, -0.1) is 11.3 Å². The number of ether oxygens (including phenoxy) is 1. The highest BCUT2D eigenvalue weighted by atomic mass is 32.1. The molecule has 128 valence electrons. The SMILES string of the molecule is CC1(C)COC(Cc2ccccc2)CN1C(=O)CCc1cccs1. The molecule has 4 heteroatoms. The summed E-state index contributed by atoms with van der Waals surface area (Å²) in [5.74, 6) is 0.231. The lowest BCUT2D eigenvalue weighted by Gasteiger charge is -2.45. The number of hydrogen-bond donors (Lipinski definition) is 0. The minimum absolute atomic E-state index is 0.0751. The van der Waals surface area contributed by atoms with Crippen LogP contribution in [-0.4, -0.2) is 35.6 Å². The van der Waals surface area contributed by atoms with Gasteiger partial charge in [-0.3, -0.25) is 4.79 Å². The second-order valence-corrected chi connectivity index (χ2v) is 8.05. The van der Waals surface area contributed by atoms with Crippen molar-refractivity contribution in [2.45, 2.75) is 44.8 Å². The number of nitrogens with zero attached hydrogens (tertiary/aromatic N) is 1. The first-order chi connectivity index (χ1) is 11.5. The molecule has 3 rings (SSSR count). The number of morpholine rings is 1. The summed E-state index contributed by atoms with van der Waals surface area (Å²) < 4.78 is 6.04. The molecule has 24 heavy (non-hydrogen) atoms. The quantitative estimate of drug-likeness (QED) is 0.823. The topological polar surface area (TPSA) is 29.5 Å². The molecule has 1 aromatic heterocycles. The van der Waals surface area contributed by atoms with Crippen LogP contribution in [0.3, 0.4) is 0 Å². The average Bonchev–Trinajstić information content (AvgIpc) is 3.09. The first-order valence-corrected chi connectivity index (χ1v) is 9.41. The van der Waals surface area contributed by atoms with Crippen molar-refractivity contribution in [3.05, 3.63) is 58.3 Å². The lowest BCUT2D eigenvalue weighted by atomic mass is 9.97. The molecule has 1 saturated heterocycles. The van der Waals surface area contributed by atoms with Crippen LogP contribution >= 0.6 is 11.3 Å². The molecule has 1 unspecified atom stereocenters. The number of rotatable bonds is 5. The standard InChI is InChI=1S/C20H25NO2S/c1-20(2)15-23-17(13-16-7-4-3-5-8-16)14-21(20)19(22)11-10-18-9-6-12-24-18/h3-9,12,17H,10-11,13-15H2,1-2H3. The highest BCUT2D eigenvalue weighted by molar-refractivity contribution is 7.09. The zero-order chi connectivity index (χ0) is 17.0. The van der Waals surface area contributed by atoms with Crippen LogP contribution in [0.15, 0.2) is 47.8 Å². The van der Waals surface area contributed by atoms with Crippen molar-refractivity contribution >= 4 is 17.2 Å². The van der Waals surface area contributed by atoms with Crippen LogP contribution in [0.4, 0.5) is 0 Å². The van der Waals surface area contributed by atoms with Gasteiger partial charge in [0.15, 0.2) is 0 Å². The molecule has 1 aliphatic heterocycles. The maximum Gasteiger partial charge on any atom is 0.223 e.